The van der Waals surface area contributed by atoms with Crippen molar-refractivity contribution in [1.29, 1.82) is 0 Å². The molecule has 0 aliphatic rings. The van der Waals surface area contributed by atoms with Gasteiger partial charge in [0.1, 0.15) is 0 Å². The number of nitrogens with one attached hydrogen (secondary N) is 1. The van der Waals surface area contributed by atoms with Crippen LogP contribution in [0.2, 0.25) is 0 Å². The highest BCUT2D eigenvalue weighted by Gasteiger charge is 2.15. The molecule has 2 aromatic rings. The van der Waals surface area contributed by atoms with Crippen molar-refractivity contribution in [2.75, 3.05) is 6.54 Å². The van der Waals surface area contributed by atoms with Gasteiger partial charge in [-0.2, -0.15) is 0 Å². The second kappa shape index (κ2) is 6.70. The Morgan fingerprint density at radius 2 is 1.90 bits per heavy atom. The number of rotatable bonds is 6. The van der Waals surface area contributed by atoms with Crippen LogP contribution in [0.5, 0.6) is 0 Å². The zero-order chi connectivity index (χ0) is 14.7. The minimum absolute atomic E-state index is 0.257. The zero-order valence-electron chi connectivity index (χ0n) is 12.8. The van der Waals surface area contributed by atoms with Gasteiger partial charge in [0.25, 0.3) is 0 Å². The normalized spacial score (nSPS) is 14.9. The van der Waals surface area contributed by atoms with E-state index in [0.717, 1.165) is 6.42 Å². The molecule has 2 N–H and O–H groups in total. The third-order valence-electron chi connectivity index (χ3n) is 3.68. The first-order valence-corrected chi connectivity index (χ1v) is 8.20. The molecule has 0 saturated heterocycles. The fourth-order valence-corrected chi connectivity index (χ4v) is 3.88. The van der Waals surface area contributed by atoms with Crippen LogP contribution in [-0.4, -0.2) is 17.8 Å². The van der Waals surface area contributed by atoms with Crippen LogP contribution in [0, 0.1) is 12.8 Å². The van der Waals surface area contributed by atoms with Crippen LogP contribution >= 0.6 is 11.3 Å². The molecule has 0 aliphatic heterocycles. The van der Waals surface area contributed by atoms with Gasteiger partial charge in [-0.05, 0) is 43.2 Å². The molecule has 0 radical (unpaired) electrons. The van der Waals surface area contributed by atoms with E-state index in [4.69, 9.17) is 0 Å². The third-order valence-corrected chi connectivity index (χ3v) is 5.13. The fraction of sp³-hybridized carbons (Fsp3) is 0.529. The molecule has 0 fully saturated rings. The highest BCUT2D eigenvalue weighted by Crippen LogP contribution is 2.34. The number of hydrogen-bond donors (Lipinski definition) is 2. The molecule has 2 nitrogen and oxygen atoms in total. The van der Waals surface area contributed by atoms with Crippen LogP contribution < -0.4 is 5.32 Å². The Bertz CT molecular complexity index is 561. The summed E-state index contributed by atoms with van der Waals surface area (Å²) in [5.41, 5.74) is 1.36. The highest BCUT2D eigenvalue weighted by atomic mass is 32.1. The van der Waals surface area contributed by atoms with Crippen molar-refractivity contribution in [1.82, 2.24) is 5.32 Å². The van der Waals surface area contributed by atoms with E-state index in [2.05, 4.69) is 57.3 Å². The van der Waals surface area contributed by atoms with E-state index in [1.165, 1.54) is 20.5 Å². The average Bonchev–Trinajstić information content (AvgIpc) is 2.73. The van der Waals surface area contributed by atoms with Crippen molar-refractivity contribution in [2.24, 2.45) is 5.92 Å². The molecule has 0 amide bonds. The van der Waals surface area contributed by atoms with Crippen molar-refractivity contribution in [2.45, 2.75) is 46.3 Å². The summed E-state index contributed by atoms with van der Waals surface area (Å²) in [5.74, 6) is 0.535. The number of hydrogen-bond acceptors (Lipinski definition) is 3. The van der Waals surface area contributed by atoms with E-state index in [9.17, 15) is 5.11 Å². The lowest BCUT2D eigenvalue weighted by Crippen LogP contribution is -2.29. The lowest BCUT2D eigenvalue weighted by atomic mass is 10.1. The van der Waals surface area contributed by atoms with Gasteiger partial charge in [-0.1, -0.05) is 32.0 Å². The monoisotopic (exact) mass is 291 g/mol. The summed E-state index contributed by atoms with van der Waals surface area (Å²) in [7, 11) is 0. The topological polar surface area (TPSA) is 32.3 Å². The van der Waals surface area contributed by atoms with Crippen LogP contribution in [0.25, 0.3) is 10.1 Å². The average molecular weight is 291 g/mol. The van der Waals surface area contributed by atoms with Gasteiger partial charge < -0.3 is 10.4 Å². The Morgan fingerprint density at radius 1 is 1.20 bits per heavy atom. The Kier molecular flexibility index (Phi) is 5.19. The van der Waals surface area contributed by atoms with Crippen molar-refractivity contribution in [3.8, 4) is 0 Å². The third kappa shape index (κ3) is 3.60. The van der Waals surface area contributed by atoms with Gasteiger partial charge in [0.05, 0.1) is 6.10 Å². The standard InChI is InChI=1S/C17H25NOS/c1-11(2)9-14(19)10-18-13(4)17-12(3)15-7-5-6-8-16(15)20-17/h5-8,11,13-14,18-19H,9-10H2,1-4H3. The van der Waals surface area contributed by atoms with Gasteiger partial charge in [-0.3, -0.25) is 0 Å². The van der Waals surface area contributed by atoms with E-state index >= 15 is 0 Å². The molecule has 2 rings (SSSR count). The van der Waals surface area contributed by atoms with Crippen molar-refractivity contribution in [3.05, 3.63) is 34.7 Å². The van der Waals surface area contributed by atoms with E-state index in [1.54, 1.807) is 0 Å². The van der Waals surface area contributed by atoms with E-state index in [1.807, 2.05) is 11.3 Å². The highest BCUT2D eigenvalue weighted by molar-refractivity contribution is 7.19. The molecule has 1 heterocycles. The molecule has 2 unspecified atom stereocenters. The van der Waals surface area contributed by atoms with Crippen LogP contribution in [0.1, 0.15) is 43.7 Å². The van der Waals surface area contributed by atoms with Crippen LogP contribution in [0.4, 0.5) is 0 Å². The fourth-order valence-electron chi connectivity index (χ4n) is 2.64. The maximum atomic E-state index is 9.97. The molecular formula is C17H25NOS. The maximum Gasteiger partial charge on any atom is 0.0667 e. The van der Waals surface area contributed by atoms with Gasteiger partial charge in [0, 0.05) is 22.2 Å². The van der Waals surface area contributed by atoms with Gasteiger partial charge in [0.2, 0.25) is 0 Å². The van der Waals surface area contributed by atoms with Gasteiger partial charge in [-0.25, -0.2) is 0 Å². The minimum atomic E-state index is -0.257. The smallest absolute Gasteiger partial charge is 0.0667 e. The quantitative estimate of drug-likeness (QED) is 0.833. The van der Waals surface area contributed by atoms with Crippen molar-refractivity contribution >= 4 is 21.4 Å². The molecule has 20 heavy (non-hydrogen) atoms. The lowest BCUT2D eigenvalue weighted by Gasteiger charge is -2.18. The summed E-state index contributed by atoms with van der Waals surface area (Å²) in [5, 5.41) is 14.8. The van der Waals surface area contributed by atoms with Gasteiger partial charge in [-0.15, -0.1) is 11.3 Å². The summed E-state index contributed by atoms with van der Waals surface area (Å²) in [6.45, 7) is 9.31. The summed E-state index contributed by atoms with van der Waals surface area (Å²) < 4.78 is 1.34. The summed E-state index contributed by atoms with van der Waals surface area (Å²) in [6, 6.07) is 8.83. The van der Waals surface area contributed by atoms with E-state index in [0.29, 0.717) is 12.5 Å². The Hall–Kier alpha value is -0.900. The largest absolute Gasteiger partial charge is 0.392 e. The first-order valence-electron chi connectivity index (χ1n) is 7.38. The van der Waals surface area contributed by atoms with Gasteiger partial charge >= 0.3 is 0 Å². The molecule has 0 bridgehead atoms. The zero-order valence-corrected chi connectivity index (χ0v) is 13.6. The number of fused-ring (bicyclic) bond motifs is 1. The Labute approximate surface area is 125 Å². The molecule has 0 spiro atoms. The summed E-state index contributed by atoms with van der Waals surface area (Å²) >= 11 is 1.85. The second-order valence-electron chi connectivity index (χ2n) is 6.00. The van der Waals surface area contributed by atoms with Crippen LogP contribution in [0.15, 0.2) is 24.3 Å². The number of thiophene rings is 1. The minimum Gasteiger partial charge on any atom is -0.392 e. The van der Waals surface area contributed by atoms with Crippen molar-refractivity contribution in [3.63, 3.8) is 0 Å². The molecule has 2 atom stereocenters. The van der Waals surface area contributed by atoms with Crippen molar-refractivity contribution < 1.29 is 5.11 Å². The SMILES string of the molecule is Cc1c(C(C)NCC(O)CC(C)C)sc2ccccc12. The lowest BCUT2D eigenvalue weighted by molar-refractivity contribution is 0.143. The predicted molar refractivity (Wildman–Crippen MR) is 88.4 cm³/mol. The summed E-state index contributed by atoms with van der Waals surface area (Å²) in [4.78, 5) is 1.38. The predicted octanol–water partition coefficient (Wildman–Crippen LogP) is 4.27. The number of aliphatic hydroxyl groups is 1. The molecule has 110 valence electrons. The molecule has 3 heteroatoms. The molecule has 0 aliphatic carbocycles. The summed E-state index contributed by atoms with van der Waals surface area (Å²) in [6.07, 6.45) is 0.595. The van der Waals surface area contributed by atoms with E-state index < -0.39 is 0 Å². The second-order valence-corrected chi connectivity index (χ2v) is 7.08. The number of aliphatic hydroxyl groups excluding tert-OH is 1. The molecule has 1 aromatic carbocycles. The number of benzene rings is 1. The Morgan fingerprint density at radius 3 is 2.55 bits per heavy atom. The number of aryl methyl sites for hydroxylation is 1. The maximum absolute atomic E-state index is 9.97. The first-order chi connectivity index (χ1) is 9.49. The molecule has 1 aromatic heterocycles. The Balaban J connectivity index is 2.04. The van der Waals surface area contributed by atoms with Crippen LogP contribution in [0.3, 0.4) is 0 Å². The molecular weight excluding hydrogens is 266 g/mol. The first kappa shape index (κ1) is 15.5. The van der Waals surface area contributed by atoms with Crippen LogP contribution in [-0.2, 0) is 0 Å². The molecule has 0 saturated carbocycles. The van der Waals surface area contributed by atoms with Gasteiger partial charge in [0.15, 0.2) is 0 Å². The van der Waals surface area contributed by atoms with E-state index in [-0.39, 0.29) is 12.1 Å².